The van der Waals surface area contributed by atoms with Crippen LogP contribution < -0.4 is 5.32 Å². The molecule has 2 bridgehead atoms. The van der Waals surface area contributed by atoms with Crippen molar-refractivity contribution >= 4 is 17.7 Å². The van der Waals surface area contributed by atoms with Gasteiger partial charge in [-0.05, 0) is 12.1 Å². The van der Waals surface area contributed by atoms with Gasteiger partial charge in [-0.1, -0.05) is 18.2 Å². The van der Waals surface area contributed by atoms with Gasteiger partial charge in [0.25, 0.3) is 5.91 Å². The number of benzene rings is 1. The van der Waals surface area contributed by atoms with Gasteiger partial charge in [0.05, 0.1) is 31.7 Å². The van der Waals surface area contributed by atoms with Gasteiger partial charge in [-0.3, -0.25) is 14.4 Å². The summed E-state index contributed by atoms with van der Waals surface area (Å²) in [5.74, 6) is -0.785. The Morgan fingerprint density at radius 2 is 1.96 bits per heavy atom. The summed E-state index contributed by atoms with van der Waals surface area (Å²) in [6.45, 7) is 1.45. The predicted molar refractivity (Wildman–Crippen MR) is 86.2 cm³/mol. The molecule has 3 amide bonds. The number of ether oxygens (including phenoxy) is 1. The van der Waals surface area contributed by atoms with Crippen LogP contribution >= 0.6 is 0 Å². The van der Waals surface area contributed by atoms with Crippen molar-refractivity contribution < 1.29 is 19.1 Å². The van der Waals surface area contributed by atoms with Gasteiger partial charge >= 0.3 is 0 Å². The summed E-state index contributed by atoms with van der Waals surface area (Å²) in [5.41, 5.74) is 0.515. The number of rotatable bonds is 3. The van der Waals surface area contributed by atoms with Gasteiger partial charge in [-0.2, -0.15) is 0 Å². The van der Waals surface area contributed by atoms with Crippen LogP contribution in [-0.2, 0) is 14.3 Å². The number of likely N-dealkylation sites (N-methyl/N-ethyl adjacent to an activating group) is 1. The molecule has 128 valence electrons. The molecule has 2 fully saturated rings. The molecule has 24 heavy (non-hydrogen) atoms. The molecule has 2 atom stereocenters. The molecule has 3 rings (SSSR count). The molecule has 0 aromatic heterocycles. The first-order valence-electron chi connectivity index (χ1n) is 8.01. The van der Waals surface area contributed by atoms with E-state index >= 15 is 0 Å². The first kappa shape index (κ1) is 16.4. The number of amides is 3. The maximum absolute atomic E-state index is 12.5. The molecular weight excluding hydrogens is 310 g/mol. The highest BCUT2D eigenvalue weighted by Crippen LogP contribution is 2.19. The van der Waals surface area contributed by atoms with E-state index in [9.17, 15) is 14.4 Å². The van der Waals surface area contributed by atoms with Crippen molar-refractivity contribution in [3.8, 4) is 0 Å². The van der Waals surface area contributed by atoms with E-state index in [-0.39, 0.29) is 36.2 Å². The van der Waals surface area contributed by atoms with Crippen LogP contribution in [0.15, 0.2) is 30.3 Å². The average Bonchev–Trinajstić information content (AvgIpc) is 2.78. The molecule has 0 aliphatic carbocycles. The van der Waals surface area contributed by atoms with E-state index in [1.807, 2.05) is 6.07 Å². The zero-order chi connectivity index (χ0) is 17.1. The molecule has 1 N–H and O–H groups in total. The van der Waals surface area contributed by atoms with Crippen LogP contribution in [0.4, 0.5) is 0 Å². The SMILES string of the molecule is CN1C(=O)[C@H]2COC[C@@H]1CN(C(=O)CNC(=O)c1ccccc1)C2. The van der Waals surface area contributed by atoms with E-state index in [2.05, 4.69) is 5.32 Å². The zero-order valence-corrected chi connectivity index (χ0v) is 13.6. The molecule has 2 heterocycles. The van der Waals surface area contributed by atoms with E-state index in [0.29, 0.717) is 31.9 Å². The number of carbonyl (C=O) groups is 3. The van der Waals surface area contributed by atoms with Gasteiger partial charge in [0.1, 0.15) is 0 Å². The van der Waals surface area contributed by atoms with Gasteiger partial charge in [-0.15, -0.1) is 0 Å². The third-order valence-corrected chi connectivity index (χ3v) is 4.53. The monoisotopic (exact) mass is 331 g/mol. The van der Waals surface area contributed by atoms with Crippen molar-refractivity contribution in [2.75, 3.05) is 39.9 Å². The lowest BCUT2D eigenvalue weighted by Crippen LogP contribution is -2.48. The number of hydrogen-bond acceptors (Lipinski definition) is 4. The quantitative estimate of drug-likeness (QED) is 0.827. The molecule has 2 aliphatic rings. The van der Waals surface area contributed by atoms with Crippen molar-refractivity contribution in [3.63, 3.8) is 0 Å². The lowest BCUT2D eigenvalue weighted by atomic mass is 10.1. The fourth-order valence-electron chi connectivity index (χ4n) is 3.06. The maximum atomic E-state index is 12.5. The molecule has 2 saturated heterocycles. The minimum Gasteiger partial charge on any atom is -0.378 e. The largest absolute Gasteiger partial charge is 0.378 e. The summed E-state index contributed by atoms with van der Waals surface area (Å²) < 4.78 is 5.52. The number of nitrogens with zero attached hydrogens (tertiary/aromatic N) is 2. The van der Waals surface area contributed by atoms with Gasteiger partial charge in [-0.25, -0.2) is 0 Å². The maximum Gasteiger partial charge on any atom is 0.251 e. The Balaban J connectivity index is 1.61. The molecule has 0 spiro atoms. The third-order valence-electron chi connectivity index (χ3n) is 4.53. The van der Waals surface area contributed by atoms with E-state index in [1.54, 1.807) is 41.1 Å². The smallest absolute Gasteiger partial charge is 0.251 e. The number of fused-ring (bicyclic) bond motifs is 3. The van der Waals surface area contributed by atoms with Gasteiger partial charge in [0, 0.05) is 25.7 Å². The summed E-state index contributed by atoms with van der Waals surface area (Å²) >= 11 is 0. The molecule has 1 aromatic carbocycles. The second kappa shape index (κ2) is 7.00. The predicted octanol–water partition coefficient (Wildman–Crippen LogP) is -0.268. The van der Waals surface area contributed by atoms with Crippen LogP contribution in [0.25, 0.3) is 0 Å². The second-order valence-electron chi connectivity index (χ2n) is 6.18. The first-order chi connectivity index (χ1) is 11.6. The average molecular weight is 331 g/mol. The number of nitrogens with one attached hydrogen (secondary N) is 1. The number of hydrogen-bond donors (Lipinski definition) is 1. The molecule has 0 saturated carbocycles. The fraction of sp³-hybridized carbons (Fsp3) is 0.471. The minimum atomic E-state index is -0.337. The third kappa shape index (κ3) is 3.41. The van der Waals surface area contributed by atoms with Crippen LogP contribution in [0, 0.1) is 5.92 Å². The lowest BCUT2D eigenvalue weighted by molar-refractivity contribution is -0.134. The standard InChI is InChI=1S/C17H21N3O4/c1-19-14-9-20(8-13(17(19)23)10-24-11-14)15(21)7-18-16(22)12-5-3-2-4-6-12/h2-6,13-14H,7-11H2,1H3,(H,18,22)/t13-,14+/m1/s1. The topological polar surface area (TPSA) is 79.0 Å². The summed E-state index contributed by atoms with van der Waals surface area (Å²) in [6, 6.07) is 8.62. The summed E-state index contributed by atoms with van der Waals surface area (Å²) in [7, 11) is 1.75. The summed E-state index contributed by atoms with van der Waals surface area (Å²) in [5, 5.41) is 2.64. The Labute approximate surface area is 140 Å². The van der Waals surface area contributed by atoms with Crippen LogP contribution in [0.3, 0.4) is 0 Å². The molecule has 7 nitrogen and oxygen atoms in total. The molecule has 7 heteroatoms. The Morgan fingerprint density at radius 3 is 2.71 bits per heavy atom. The first-order valence-corrected chi connectivity index (χ1v) is 8.01. The highest BCUT2D eigenvalue weighted by Gasteiger charge is 2.38. The molecule has 0 unspecified atom stereocenters. The molecular formula is C17H21N3O4. The molecule has 2 aliphatic heterocycles. The fourth-order valence-corrected chi connectivity index (χ4v) is 3.06. The zero-order valence-electron chi connectivity index (χ0n) is 13.6. The normalized spacial score (nSPS) is 23.6. The second-order valence-corrected chi connectivity index (χ2v) is 6.18. The van der Waals surface area contributed by atoms with E-state index in [1.165, 1.54) is 0 Å². The highest BCUT2D eigenvalue weighted by molar-refractivity contribution is 5.96. The van der Waals surface area contributed by atoms with Crippen molar-refractivity contribution in [2.24, 2.45) is 5.92 Å². The Bertz CT molecular complexity index is 634. The van der Waals surface area contributed by atoms with Crippen molar-refractivity contribution in [1.82, 2.24) is 15.1 Å². The van der Waals surface area contributed by atoms with Crippen LogP contribution in [-0.4, -0.2) is 73.5 Å². The van der Waals surface area contributed by atoms with E-state index in [0.717, 1.165) is 0 Å². The summed E-state index contributed by atoms with van der Waals surface area (Å²) in [6.07, 6.45) is 0. The van der Waals surface area contributed by atoms with E-state index in [4.69, 9.17) is 4.74 Å². The van der Waals surface area contributed by atoms with Crippen molar-refractivity contribution in [1.29, 1.82) is 0 Å². The van der Waals surface area contributed by atoms with Crippen molar-refractivity contribution in [2.45, 2.75) is 6.04 Å². The lowest BCUT2D eigenvalue weighted by Gasteiger charge is -2.29. The van der Waals surface area contributed by atoms with Gasteiger partial charge in [0.15, 0.2) is 0 Å². The number of carbonyl (C=O) groups excluding carboxylic acids is 3. The van der Waals surface area contributed by atoms with Crippen LogP contribution in [0.1, 0.15) is 10.4 Å². The van der Waals surface area contributed by atoms with Gasteiger partial charge in [0.2, 0.25) is 11.8 Å². The minimum absolute atomic E-state index is 0.0149. The molecule has 0 radical (unpaired) electrons. The Hall–Kier alpha value is -2.41. The Kier molecular flexibility index (Phi) is 4.80. The van der Waals surface area contributed by atoms with Crippen molar-refractivity contribution in [3.05, 3.63) is 35.9 Å². The van der Waals surface area contributed by atoms with Crippen LogP contribution in [0.5, 0.6) is 0 Å². The highest BCUT2D eigenvalue weighted by atomic mass is 16.5. The van der Waals surface area contributed by atoms with Crippen LogP contribution in [0.2, 0.25) is 0 Å². The molecule has 1 aromatic rings. The van der Waals surface area contributed by atoms with Gasteiger partial charge < -0.3 is 19.9 Å². The summed E-state index contributed by atoms with van der Waals surface area (Å²) in [4.78, 5) is 40.1. The van der Waals surface area contributed by atoms with E-state index < -0.39 is 0 Å². The Morgan fingerprint density at radius 1 is 1.21 bits per heavy atom.